The first-order valence-corrected chi connectivity index (χ1v) is 9.65. The Bertz CT molecular complexity index is 378. The lowest BCUT2D eigenvalue weighted by atomic mass is 10.2. The van der Waals surface area contributed by atoms with Crippen molar-refractivity contribution in [2.75, 3.05) is 20.3 Å². The Morgan fingerprint density at radius 2 is 2.00 bits per heavy atom. The molecule has 0 spiro atoms. The summed E-state index contributed by atoms with van der Waals surface area (Å²) in [7, 11) is 1.09. The second-order valence-electron chi connectivity index (χ2n) is 4.61. The summed E-state index contributed by atoms with van der Waals surface area (Å²) in [6.45, 7) is 2.57. The van der Waals surface area contributed by atoms with Crippen molar-refractivity contribution >= 4 is 33.8 Å². The zero-order valence-electron chi connectivity index (χ0n) is 13.1. The van der Waals surface area contributed by atoms with E-state index in [1.165, 1.54) is 7.11 Å². The summed E-state index contributed by atoms with van der Waals surface area (Å²) < 4.78 is 9.38. The van der Waals surface area contributed by atoms with Gasteiger partial charge in [0, 0.05) is 28.9 Å². The highest BCUT2D eigenvalue weighted by Crippen LogP contribution is 1.94. The van der Waals surface area contributed by atoms with Gasteiger partial charge in [-0.15, -0.1) is 0 Å². The second-order valence-corrected chi connectivity index (χ2v) is 6.32. The molecule has 0 saturated carbocycles. The number of carbonyl (C=O) groups is 4. The average molecular weight is 332 g/mol. The van der Waals surface area contributed by atoms with Crippen LogP contribution < -0.4 is 10.6 Å². The maximum Gasteiger partial charge on any atom is 0.407 e. The van der Waals surface area contributed by atoms with Crippen LogP contribution in [0.3, 0.4) is 0 Å². The zero-order valence-corrected chi connectivity index (χ0v) is 14.5. The Kier molecular flexibility index (Phi) is 11.7. The lowest BCUT2D eigenvalue weighted by molar-refractivity contribution is -0.142. The number of amides is 2. The molecular formula is C13H24N2O6Si. The summed E-state index contributed by atoms with van der Waals surface area (Å²) in [5.41, 5.74) is 0. The predicted octanol–water partition coefficient (Wildman–Crippen LogP) is -0.625. The molecule has 126 valence electrons. The van der Waals surface area contributed by atoms with E-state index in [1.54, 1.807) is 0 Å². The van der Waals surface area contributed by atoms with Gasteiger partial charge in [-0.05, 0) is 6.04 Å². The Hall–Kier alpha value is -1.90. The number of alkyl carbamates (subject to hydrolysis) is 1. The molecule has 0 aliphatic heterocycles. The Labute approximate surface area is 132 Å². The highest BCUT2D eigenvalue weighted by molar-refractivity contribution is 6.33. The molecule has 9 heteroatoms. The highest BCUT2D eigenvalue weighted by Gasteiger charge is 2.14. The van der Waals surface area contributed by atoms with Crippen LogP contribution in [0.2, 0.25) is 12.6 Å². The van der Waals surface area contributed by atoms with Crippen LogP contribution in [0.4, 0.5) is 4.79 Å². The highest BCUT2D eigenvalue weighted by atomic mass is 28.2. The summed E-state index contributed by atoms with van der Waals surface area (Å²) in [6.07, 6.45) is 0.0980. The maximum absolute atomic E-state index is 11.5. The lowest BCUT2D eigenvalue weighted by Crippen LogP contribution is -2.44. The number of ether oxygens (including phenoxy) is 2. The number of aldehydes is 1. The summed E-state index contributed by atoms with van der Waals surface area (Å²) in [5.74, 6) is -0.825. The van der Waals surface area contributed by atoms with E-state index in [9.17, 15) is 19.2 Å². The first-order valence-electron chi connectivity index (χ1n) is 7.23. The summed E-state index contributed by atoms with van der Waals surface area (Å²) >= 11 is 0. The Balaban J connectivity index is 4.07. The fourth-order valence-electron chi connectivity index (χ4n) is 1.47. The lowest BCUT2D eigenvalue weighted by Gasteiger charge is -2.17. The number of nitrogens with one attached hydrogen (secondary N) is 2. The molecule has 0 aliphatic rings. The van der Waals surface area contributed by atoms with Crippen molar-refractivity contribution < 1.29 is 28.7 Å². The number of carbonyl (C=O) groups excluding carboxylic acids is 4. The quantitative estimate of drug-likeness (QED) is 0.226. The van der Waals surface area contributed by atoms with Crippen molar-refractivity contribution in [2.45, 2.75) is 37.9 Å². The van der Waals surface area contributed by atoms with Crippen molar-refractivity contribution in [2.24, 2.45) is 0 Å². The van der Waals surface area contributed by atoms with Crippen LogP contribution >= 0.6 is 0 Å². The van der Waals surface area contributed by atoms with Crippen LogP contribution in [0.5, 0.6) is 0 Å². The fourth-order valence-corrected chi connectivity index (χ4v) is 1.90. The number of esters is 1. The first-order chi connectivity index (χ1) is 10.5. The van der Waals surface area contributed by atoms with E-state index < -0.39 is 18.1 Å². The van der Waals surface area contributed by atoms with Crippen LogP contribution in [0, 0.1) is 0 Å². The first kappa shape index (κ1) is 20.1. The van der Waals surface area contributed by atoms with Gasteiger partial charge in [0.1, 0.15) is 6.29 Å². The zero-order chi connectivity index (χ0) is 16.8. The Morgan fingerprint density at radius 1 is 1.27 bits per heavy atom. The third-order valence-electron chi connectivity index (χ3n) is 2.76. The van der Waals surface area contributed by atoms with Crippen LogP contribution in [0.25, 0.3) is 0 Å². The molecule has 0 radical (unpaired) electrons. The number of hydrogen-bond acceptors (Lipinski definition) is 6. The monoisotopic (exact) mass is 332 g/mol. The number of rotatable bonds is 11. The molecule has 0 aliphatic carbocycles. The van der Waals surface area contributed by atoms with Gasteiger partial charge >= 0.3 is 12.1 Å². The maximum atomic E-state index is 11.5. The standard InChI is InChI=1S/C13H24N2O6Si/c1-20-12(18)4-3-11(17)14-9-10(5-6-16)15-13(19)21-7-8-22-2/h6,10H,3-5,7-9,22H2,1-2H3,(H,14,17)(H,15,19)/t10-/m0/s1. The SMILES string of the molecule is COC(=O)CCC(=O)NC[C@H](CC=O)NC(=O)OCC[SiH2]C. The van der Waals surface area contributed by atoms with Gasteiger partial charge < -0.3 is 24.9 Å². The minimum absolute atomic E-state index is 0.00788. The molecule has 0 aromatic rings. The molecule has 8 nitrogen and oxygen atoms in total. The molecule has 0 rings (SSSR count). The molecule has 22 heavy (non-hydrogen) atoms. The van der Waals surface area contributed by atoms with Gasteiger partial charge in [0.2, 0.25) is 5.91 Å². The van der Waals surface area contributed by atoms with Crippen LogP contribution in [-0.4, -0.2) is 60.1 Å². The van der Waals surface area contributed by atoms with Gasteiger partial charge in [-0.25, -0.2) is 4.79 Å². The van der Waals surface area contributed by atoms with E-state index in [0.29, 0.717) is 12.9 Å². The topological polar surface area (TPSA) is 111 Å². The molecule has 2 amide bonds. The van der Waals surface area contributed by atoms with Crippen LogP contribution in [-0.2, 0) is 23.9 Å². The van der Waals surface area contributed by atoms with Crippen LogP contribution in [0.1, 0.15) is 19.3 Å². The summed E-state index contributed by atoms with van der Waals surface area (Å²) in [5, 5.41) is 5.08. The van der Waals surface area contributed by atoms with E-state index in [4.69, 9.17) is 4.74 Å². The molecule has 0 aromatic carbocycles. The van der Waals surface area contributed by atoms with E-state index in [-0.39, 0.29) is 41.2 Å². The van der Waals surface area contributed by atoms with E-state index in [1.807, 2.05) is 0 Å². The summed E-state index contributed by atoms with van der Waals surface area (Å²) in [4.78, 5) is 44.5. The second kappa shape index (κ2) is 12.8. The molecule has 0 fully saturated rings. The van der Waals surface area contributed by atoms with Gasteiger partial charge in [-0.1, -0.05) is 6.55 Å². The average Bonchev–Trinajstić information content (AvgIpc) is 2.50. The van der Waals surface area contributed by atoms with Crippen molar-refractivity contribution in [3.8, 4) is 0 Å². The van der Waals surface area contributed by atoms with Gasteiger partial charge in [-0.2, -0.15) is 0 Å². The Morgan fingerprint density at radius 3 is 2.59 bits per heavy atom. The van der Waals surface area contributed by atoms with E-state index >= 15 is 0 Å². The van der Waals surface area contributed by atoms with Crippen molar-refractivity contribution in [1.82, 2.24) is 10.6 Å². The van der Waals surface area contributed by atoms with Crippen LogP contribution in [0.15, 0.2) is 0 Å². The molecule has 2 N–H and O–H groups in total. The van der Waals surface area contributed by atoms with Gasteiger partial charge in [0.15, 0.2) is 0 Å². The minimum atomic E-state index is -0.599. The van der Waals surface area contributed by atoms with Crippen molar-refractivity contribution in [3.05, 3.63) is 0 Å². The van der Waals surface area contributed by atoms with Crippen molar-refractivity contribution in [3.63, 3.8) is 0 Å². The molecule has 0 aromatic heterocycles. The van der Waals surface area contributed by atoms with E-state index in [2.05, 4.69) is 21.9 Å². The smallest absolute Gasteiger partial charge is 0.407 e. The third-order valence-corrected chi connectivity index (χ3v) is 3.76. The van der Waals surface area contributed by atoms with Gasteiger partial charge in [0.05, 0.1) is 26.2 Å². The third kappa shape index (κ3) is 10.8. The van der Waals surface area contributed by atoms with E-state index in [0.717, 1.165) is 6.04 Å². The normalized spacial score (nSPS) is 11.7. The number of hydrogen-bond donors (Lipinski definition) is 2. The molecule has 0 saturated heterocycles. The molecule has 0 heterocycles. The predicted molar refractivity (Wildman–Crippen MR) is 82.4 cm³/mol. The fraction of sp³-hybridized carbons (Fsp3) is 0.692. The molecular weight excluding hydrogens is 308 g/mol. The molecule has 1 atom stereocenters. The molecule has 0 bridgehead atoms. The minimum Gasteiger partial charge on any atom is -0.469 e. The number of methoxy groups -OCH3 is 1. The van der Waals surface area contributed by atoms with Gasteiger partial charge in [-0.3, -0.25) is 9.59 Å². The van der Waals surface area contributed by atoms with Gasteiger partial charge in [0.25, 0.3) is 0 Å². The van der Waals surface area contributed by atoms with Crippen molar-refractivity contribution in [1.29, 1.82) is 0 Å². The largest absolute Gasteiger partial charge is 0.469 e. The summed E-state index contributed by atoms with van der Waals surface area (Å²) in [6, 6.07) is 0.363. The molecule has 0 unspecified atom stereocenters.